The molecule has 48 heavy (non-hydrogen) atoms. The summed E-state index contributed by atoms with van der Waals surface area (Å²) in [6.07, 6.45) is -2.56. The molecule has 0 radical (unpaired) electrons. The smallest absolute Gasteiger partial charge is 0.417 e. The van der Waals surface area contributed by atoms with E-state index in [1.165, 1.54) is 6.92 Å². The summed E-state index contributed by atoms with van der Waals surface area (Å²) in [6.45, 7) is 4.29. The number of nitrogens with two attached hydrogens (primary N) is 2. The Morgan fingerprint density at radius 1 is 1.21 bits per heavy atom. The molecule has 4 aromatic rings. The average molecular weight is 691 g/mol. The van der Waals surface area contributed by atoms with Crippen LogP contribution in [0.25, 0.3) is 22.2 Å². The lowest BCUT2D eigenvalue weighted by atomic mass is 9.95. The molecule has 2 saturated heterocycles. The predicted octanol–water partition coefficient (Wildman–Crippen LogP) is 6.29. The van der Waals surface area contributed by atoms with Gasteiger partial charge in [0.05, 0.1) is 34.4 Å². The summed E-state index contributed by atoms with van der Waals surface area (Å²) in [5.74, 6) is -0.968. The fraction of sp³-hybridized carbons (Fsp3) is 0.438. The van der Waals surface area contributed by atoms with Gasteiger partial charge in [-0.2, -0.15) is 23.1 Å². The molecule has 2 fully saturated rings. The molecule has 1 aromatic carbocycles. The number of hydrogen-bond acceptors (Lipinski definition) is 10. The van der Waals surface area contributed by atoms with E-state index in [1.807, 2.05) is 11.8 Å². The number of aryl methyl sites for hydroxylation is 1. The third kappa shape index (κ3) is 5.27. The first-order valence-corrected chi connectivity index (χ1v) is 15.9. The number of benzene rings is 1. The molecule has 0 bridgehead atoms. The maximum absolute atomic E-state index is 16.9. The van der Waals surface area contributed by atoms with Crippen molar-refractivity contribution in [1.82, 2.24) is 24.8 Å². The molecule has 3 aromatic heterocycles. The molecule has 3 aliphatic heterocycles. The minimum Gasteiger partial charge on any atom is -0.475 e. The minimum atomic E-state index is -4.93. The molecule has 10 nitrogen and oxygen atoms in total. The third-order valence-corrected chi connectivity index (χ3v) is 9.99. The number of nitrogen functional groups attached to an aromatic ring is 2. The van der Waals surface area contributed by atoms with E-state index in [-0.39, 0.29) is 72.9 Å². The number of pyridine rings is 2. The molecule has 0 amide bonds. The van der Waals surface area contributed by atoms with Crippen molar-refractivity contribution in [2.75, 3.05) is 49.2 Å². The maximum Gasteiger partial charge on any atom is 0.417 e. The van der Waals surface area contributed by atoms with E-state index in [1.54, 1.807) is 23.2 Å². The van der Waals surface area contributed by atoms with E-state index in [0.29, 0.717) is 12.0 Å². The van der Waals surface area contributed by atoms with Crippen LogP contribution in [0.4, 0.5) is 39.3 Å². The van der Waals surface area contributed by atoms with Crippen molar-refractivity contribution in [2.24, 2.45) is 0 Å². The van der Waals surface area contributed by atoms with Gasteiger partial charge < -0.3 is 25.8 Å². The lowest BCUT2D eigenvalue weighted by Gasteiger charge is -2.32. The van der Waals surface area contributed by atoms with Crippen LogP contribution in [0.5, 0.6) is 11.9 Å². The second-order valence-electron chi connectivity index (χ2n) is 12.5. The van der Waals surface area contributed by atoms with Gasteiger partial charge in [0, 0.05) is 30.3 Å². The van der Waals surface area contributed by atoms with E-state index in [9.17, 15) is 17.6 Å². The van der Waals surface area contributed by atoms with Crippen LogP contribution in [0.1, 0.15) is 48.9 Å². The molecule has 0 spiro atoms. The molecular weight excluding hydrogens is 659 g/mol. The van der Waals surface area contributed by atoms with Crippen molar-refractivity contribution < 1.29 is 31.4 Å². The standard InChI is InChI=1S/C32H32ClF5N8O2/c1-15-11-19(39)23(33)20(22(15)32(36,37)38)25-24(35)26-21-28(44-30(43-26)48-14-31-6-4-8-45(31)13-17(34)12-31)46(9-10-47-29(21)42-25)16(2)18-5-3-7-41-27(18)40/h3,5,7,11,16-17H,4,6,8-10,12-14,39H2,1-2H3,(H2,40,41)/t16-,17-,31+/m1/s1. The van der Waals surface area contributed by atoms with Crippen molar-refractivity contribution >= 4 is 39.8 Å². The molecule has 7 rings (SSSR count). The number of alkyl halides is 4. The third-order valence-electron chi connectivity index (χ3n) is 9.58. The SMILES string of the molecule is Cc1cc(N)c(Cl)c(-c2nc3c4c(nc(OC[C@@]56CCCN5C[C@H](F)C6)nc4c2F)N([C@H](C)c2cccnc2N)CCO3)c1C(F)(F)F. The quantitative estimate of drug-likeness (QED) is 0.176. The van der Waals surface area contributed by atoms with Crippen LogP contribution in [0.3, 0.4) is 0 Å². The highest BCUT2D eigenvalue weighted by Crippen LogP contribution is 2.49. The van der Waals surface area contributed by atoms with E-state index in [2.05, 4.69) is 15.0 Å². The van der Waals surface area contributed by atoms with Gasteiger partial charge in [0.2, 0.25) is 5.88 Å². The summed E-state index contributed by atoms with van der Waals surface area (Å²) in [7, 11) is 0. The number of halogens is 6. The van der Waals surface area contributed by atoms with Crippen LogP contribution in [-0.4, -0.2) is 69.4 Å². The fourth-order valence-corrected chi connectivity index (χ4v) is 7.61. The number of aromatic nitrogens is 4. The number of fused-ring (bicyclic) bond motifs is 1. The minimum absolute atomic E-state index is 0.00396. The number of anilines is 3. The molecular formula is C32H32ClF5N8O2. The highest BCUT2D eigenvalue weighted by Gasteiger charge is 2.49. The van der Waals surface area contributed by atoms with Crippen molar-refractivity contribution in [3.63, 3.8) is 0 Å². The molecule has 0 saturated carbocycles. The topological polar surface area (TPSA) is 129 Å². The largest absolute Gasteiger partial charge is 0.475 e. The Bertz CT molecular complexity index is 1930. The molecule has 254 valence electrons. The van der Waals surface area contributed by atoms with Crippen LogP contribution in [0, 0.1) is 12.7 Å². The predicted molar refractivity (Wildman–Crippen MR) is 170 cm³/mol. The van der Waals surface area contributed by atoms with Gasteiger partial charge in [0.25, 0.3) is 0 Å². The summed E-state index contributed by atoms with van der Waals surface area (Å²) >= 11 is 6.38. The Morgan fingerprint density at radius 3 is 2.75 bits per heavy atom. The van der Waals surface area contributed by atoms with Crippen molar-refractivity contribution in [3.05, 3.63) is 51.9 Å². The summed E-state index contributed by atoms with van der Waals surface area (Å²) < 4.78 is 86.9. The van der Waals surface area contributed by atoms with Crippen molar-refractivity contribution in [3.8, 4) is 23.1 Å². The monoisotopic (exact) mass is 690 g/mol. The number of nitrogens with zero attached hydrogens (tertiary/aromatic N) is 6. The van der Waals surface area contributed by atoms with Crippen LogP contribution in [0.2, 0.25) is 5.02 Å². The van der Waals surface area contributed by atoms with E-state index in [4.69, 9.17) is 37.5 Å². The van der Waals surface area contributed by atoms with Gasteiger partial charge in [0.1, 0.15) is 47.6 Å². The first kappa shape index (κ1) is 32.3. The van der Waals surface area contributed by atoms with Gasteiger partial charge >= 0.3 is 12.2 Å². The lowest BCUT2D eigenvalue weighted by Crippen LogP contribution is -2.43. The zero-order valence-corrected chi connectivity index (χ0v) is 26.8. The van der Waals surface area contributed by atoms with Crippen molar-refractivity contribution in [1.29, 1.82) is 0 Å². The normalized spacial score (nSPS) is 21.7. The molecule has 3 aliphatic rings. The molecule has 0 aliphatic carbocycles. The van der Waals surface area contributed by atoms with Crippen LogP contribution in [-0.2, 0) is 6.18 Å². The van der Waals surface area contributed by atoms with Crippen LogP contribution >= 0.6 is 11.6 Å². The second kappa shape index (κ2) is 11.7. The zero-order chi connectivity index (χ0) is 34.1. The first-order valence-electron chi connectivity index (χ1n) is 15.5. The fourth-order valence-electron chi connectivity index (χ4n) is 7.38. The Morgan fingerprint density at radius 2 is 2.00 bits per heavy atom. The highest BCUT2D eigenvalue weighted by atomic mass is 35.5. The zero-order valence-electron chi connectivity index (χ0n) is 26.0. The molecule has 3 atom stereocenters. The molecule has 16 heteroatoms. The number of rotatable bonds is 6. The van der Waals surface area contributed by atoms with Gasteiger partial charge in [-0.05, 0) is 50.9 Å². The molecule has 0 unspecified atom stereocenters. The number of ether oxygens (including phenoxy) is 2. The van der Waals surface area contributed by atoms with Crippen molar-refractivity contribution in [2.45, 2.75) is 57.0 Å². The van der Waals surface area contributed by atoms with Gasteiger partial charge in [-0.15, -0.1) is 0 Å². The van der Waals surface area contributed by atoms with Crippen LogP contribution < -0.4 is 25.8 Å². The van der Waals surface area contributed by atoms with Gasteiger partial charge in [0.15, 0.2) is 5.82 Å². The summed E-state index contributed by atoms with van der Waals surface area (Å²) in [4.78, 5) is 21.4. The summed E-state index contributed by atoms with van der Waals surface area (Å²) in [5.41, 5.74) is 8.75. The number of hydrogen-bond donors (Lipinski definition) is 2. The Labute approximate surface area is 277 Å². The van der Waals surface area contributed by atoms with E-state index in [0.717, 1.165) is 19.0 Å². The van der Waals surface area contributed by atoms with E-state index < -0.39 is 57.1 Å². The molecule has 6 heterocycles. The summed E-state index contributed by atoms with van der Waals surface area (Å²) in [5, 5.41) is -0.499. The van der Waals surface area contributed by atoms with Gasteiger partial charge in [-0.25, -0.2) is 18.7 Å². The van der Waals surface area contributed by atoms with Gasteiger partial charge in [-0.3, -0.25) is 4.90 Å². The average Bonchev–Trinajstić information content (AvgIpc) is 3.48. The van der Waals surface area contributed by atoms with Gasteiger partial charge in [-0.1, -0.05) is 17.7 Å². The Kier molecular flexibility index (Phi) is 7.89. The maximum atomic E-state index is 16.9. The first-order chi connectivity index (χ1) is 22.8. The summed E-state index contributed by atoms with van der Waals surface area (Å²) in [6, 6.07) is 3.87. The lowest BCUT2D eigenvalue weighted by molar-refractivity contribution is -0.137. The molecule has 4 N–H and O–H groups in total. The Balaban J connectivity index is 1.45. The second-order valence-corrected chi connectivity index (χ2v) is 12.9. The van der Waals surface area contributed by atoms with Crippen LogP contribution in [0.15, 0.2) is 24.4 Å². The highest BCUT2D eigenvalue weighted by molar-refractivity contribution is 6.36. The Hall–Kier alpha value is -4.24. The van der Waals surface area contributed by atoms with E-state index >= 15 is 4.39 Å².